The summed E-state index contributed by atoms with van der Waals surface area (Å²) in [5.74, 6) is 0. The van der Waals surface area contributed by atoms with Gasteiger partial charge in [-0.3, -0.25) is 5.10 Å². The number of rotatable bonds is 3. The molecule has 1 aliphatic heterocycles. The van der Waals surface area contributed by atoms with E-state index in [0.29, 0.717) is 11.3 Å². The molecule has 1 unspecified atom stereocenters. The smallest absolute Gasteiger partial charge is 0.164 e. The number of aliphatic hydroxyl groups is 3. The van der Waals surface area contributed by atoms with Crippen LogP contribution in [0, 0.1) is 0 Å². The molecule has 4 heterocycles. The molecule has 1 aliphatic rings. The van der Waals surface area contributed by atoms with Crippen molar-refractivity contribution in [2.24, 2.45) is 0 Å². The first-order valence-corrected chi connectivity index (χ1v) is 7.14. The highest BCUT2D eigenvalue weighted by molar-refractivity contribution is 5.90. The van der Waals surface area contributed by atoms with Crippen molar-refractivity contribution in [2.45, 2.75) is 24.5 Å². The van der Waals surface area contributed by atoms with Crippen molar-refractivity contribution in [1.82, 2.24) is 24.7 Å². The normalized spacial score (nSPS) is 27.8. The van der Waals surface area contributed by atoms with Crippen molar-refractivity contribution >= 4 is 11.0 Å². The average molecular weight is 317 g/mol. The van der Waals surface area contributed by atoms with Crippen LogP contribution in [0.15, 0.2) is 31.0 Å². The number of hydrogen-bond donors (Lipinski definition) is 4. The molecule has 4 N–H and O–H groups in total. The van der Waals surface area contributed by atoms with Crippen LogP contribution in [0.25, 0.3) is 22.3 Å². The highest BCUT2D eigenvalue weighted by Gasteiger charge is 2.43. The lowest BCUT2D eigenvalue weighted by atomic mass is 10.1. The van der Waals surface area contributed by atoms with Crippen molar-refractivity contribution in [3.63, 3.8) is 0 Å². The monoisotopic (exact) mass is 317 g/mol. The van der Waals surface area contributed by atoms with Gasteiger partial charge in [0.25, 0.3) is 0 Å². The van der Waals surface area contributed by atoms with Gasteiger partial charge in [0, 0.05) is 23.3 Å². The van der Waals surface area contributed by atoms with E-state index in [0.717, 1.165) is 10.9 Å². The molecule has 0 bridgehead atoms. The molecule has 1 fully saturated rings. The Balaban J connectivity index is 1.80. The molecule has 0 amide bonds. The highest BCUT2D eigenvalue weighted by atomic mass is 16.6. The summed E-state index contributed by atoms with van der Waals surface area (Å²) in [7, 11) is 0. The van der Waals surface area contributed by atoms with Crippen LogP contribution >= 0.6 is 0 Å². The zero-order valence-electron chi connectivity index (χ0n) is 11.9. The summed E-state index contributed by atoms with van der Waals surface area (Å²) >= 11 is 0. The number of nitrogens with zero attached hydrogens (tertiary/aromatic N) is 4. The summed E-state index contributed by atoms with van der Waals surface area (Å²) in [5, 5.41) is 36.7. The van der Waals surface area contributed by atoms with Gasteiger partial charge in [-0.1, -0.05) is 0 Å². The van der Waals surface area contributed by atoms with Crippen LogP contribution in [0.2, 0.25) is 0 Å². The van der Waals surface area contributed by atoms with Crippen molar-refractivity contribution < 1.29 is 20.1 Å². The summed E-state index contributed by atoms with van der Waals surface area (Å²) in [6, 6.07) is 1.81. The fourth-order valence-electron chi connectivity index (χ4n) is 2.90. The molecular weight excluding hydrogens is 302 g/mol. The third kappa shape index (κ3) is 2.13. The minimum atomic E-state index is -1.16. The minimum Gasteiger partial charge on any atom is -0.394 e. The topological polar surface area (TPSA) is 129 Å². The van der Waals surface area contributed by atoms with Gasteiger partial charge in [-0.15, -0.1) is 0 Å². The zero-order chi connectivity index (χ0) is 16.0. The van der Waals surface area contributed by atoms with E-state index in [2.05, 4.69) is 20.2 Å². The molecular formula is C14H15N5O4. The fraction of sp³-hybridized carbons (Fsp3) is 0.357. The number of nitrogens with one attached hydrogen (secondary N) is 1. The molecule has 3 aromatic rings. The van der Waals surface area contributed by atoms with Gasteiger partial charge in [-0.25, -0.2) is 9.97 Å². The maximum Gasteiger partial charge on any atom is 0.164 e. The number of aromatic amines is 1. The van der Waals surface area contributed by atoms with E-state index in [4.69, 9.17) is 4.74 Å². The minimum absolute atomic E-state index is 0.372. The Hall–Kier alpha value is -2.33. The number of hydrogen-bond acceptors (Lipinski definition) is 7. The molecule has 120 valence electrons. The Bertz CT molecular complexity index is 818. The van der Waals surface area contributed by atoms with E-state index < -0.39 is 24.5 Å². The van der Waals surface area contributed by atoms with Gasteiger partial charge < -0.3 is 24.6 Å². The van der Waals surface area contributed by atoms with Crippen molar-refractivity contribution in [1.29, 1.82) is 0 Å². The third-order valence-electron chi connectivity index (χ3n) is 4.07. The maximum absolute atomic E-state index is 10.2. The molecule has 23 heavy (non-hydrogen) atoms. The predicted octanol–water partition coefficient (Wildman–Crippen LogP) is -0.567. The molecule has 0 radical (unpaired) electrons. The molecule has 9 heteroatoms. The first-order valence-electron chi connectivity index (χ1n) is 7.14. The van der Waals surface area contributed by atoms with Gasteiger partial charge in [-0.2, -0.15) is 5.10 Å². The Morgan fingerprint density at radius 2 is 2.13 bits per heavy atom. The van der Waals surface area contributed by atoms with E-state index in [9.17, 15) is 15.3 Å². The third-order valence-corrected chi connectivity index (χ3v) is 4.07. The Morgan fingerprint density at radius 3 is 2.83 bits per heavy atom. The van der Waals surface area contributed by atoms with Gasteiger partial charge in [0.1, 0.15) is 30.3 Å². The predicted molar refractivity (Wildman–Crippen MR) is 78.1 cm³/mol. The largest absolute Gasteiger partial charge is 0.394 e. The molecule has 0 aromatic carbocycles. The Labute approximate surface area is 130 Å². The summed E-state index contributed by atoms with van der Waals surface area (Å²) in [4.78, 5) is 8.53. The SMILES string of the molecule is OC[C@H]1OC(n2ccc3c(-c4cn[nH]c4)ncnc32)[C@H](O)[C@@H]1O. The average Bonchev–Trinajstić information content (AvgIpc) is 3.28. The lowest BCUT2D eigenvalue weighted by Gasteiger charge is -2.17. The number of aliphatic hydroxyl groups excluding tert-OH is 3. The van der Waals surface area contributed by atoms with Gasteiger partial charge in [0.05, 0.1) is 18.5 Å². The van der Waals surface area contributed by atoms with E-state index in [1.54, 1.807) is 23.2 Å². The molecule has 0 aliphatic carbocycles. The first kappa shape index (κ1) is 14.3. The van der Waals surface area contributed by atoms with Crippen LogP contribution in [0.4, 0.5) is 0 Å². The van der Waals surface area contributed by atoms with Crippen LogP contribution < -0.4 is 0 Å². The van der Waals surface area contributed by atoms with E-state index in [1.165, 1.54) is 6.33 Å². The highest BCUT2D eigenvalue weighted by Crippen LogP contribution is 2.33. The molecule has 4 atom stereocenters. The molecule has 0 spiro atoms. The second-order valence-corrected chi connectivity index (χ2v) is 5.40. The van der Waals surface area contributed by atoms with Crippen molar-refractivity contribution in [3.05, 3.63) is 31.0 Å². The first-order chi connectivity index (χ1) is 11.2. The second-order valence-electron chi connectivity index (χ2n) is 5.40. The summed E-state index contributed by atoms with van der Waals surface area (Å²) in [6.45, 7) is -0.372. The Kier molecular flexibility index (Phi) is 3.34. The van der Waals surface area contributed by atoms with Crippen molar-refractivity contribution in [2.75, 3.05) is 6.61 Å². The van der Waals surface area contributed by atoms with Gasteiger partial charge >= 0.3 is 0 Å². The number of ether oxygens (including phenoxy) is 1. The van der Waals surface area contributed by atoms with Gasteiger partial charge in [0.2, 0.25) is 0 Å². The molecule has 1 saturated heterocycles. The number of fused-ring (bicyclic) bond motifs is 1. The van der Waals surface area contributed by atoms with Crippen LogP contribution in [-0.4, -0.2) is 65.0 Å². The lowest BCUT2D eigenvalue weighted by Crippen LogP contribution is -2.33. The summed E-state index contributed by atoms with van der Waals surface area (Å²) < 4.78 is 7.18. The van der Waals surface area contributed by atoms with E-state index in [-0.39, 0.29) is 6.61 Å². The number of H-pyrrole nitrogens is 1. The fourth-order valence-corrected chi connectivity index (χ4v) is 2.90. The molecule has 9 nitrogen and oxygen atoms in total. The maximum atomic E-state index is 10.2. The summed E-state index contributed by atoms with van der Waals surface area (Å²) in [6.07, 6.45) is 2.55. The zero-order valence-corrected chi connectivity index (χ0v) is 11.9. The molecule has 4 rings (SSSR count). The van der Waals surface area contributed by atoms with Gasteiger partial charge in [0.15, 0.2) is 6.23 Å². The van der Waals surface area contributed by atoms with Crippen LogP contribution in [0.5, 0.6) is 0 Å². The lowest BCUT2D eigenvalue weighted by molar-refractivity contribution is -0.0508. The molecule has 0 saturated carbocycles. The van der Waals surface area contributed by atoms with Crippen LogP contribution in [0.3, 0.4) is 0 Å². The molecule has 3 aromatic heterocycles. The van der Waals surface area contributed by atoms with Crippen molar-refractivity contribution in [3.8, 4) is 11.3 Å². The number of aromatic nitrogens is 5. The second kappa shape index (κ2) is 5.39. The van der Waals surface area contributed by atoms with Gasteiger partial charge in [-0.05, 0) is 6.07 Å². The quantitative estimate of drug-likeness (QED) is 0.509. The Morgan fingerprint density at radius 1 is 1.26 bits per heavy atom. The van der Waals surface area contributed by atoms with E-state index >= 15 is 0 Å². The van der Waals surface area contributed by atoms with Crippen LogP contribution in [-0.2, 0) is 4.74 Å². The van der Waals surface area contributed by atoms with Crippen LogP contribution in [0.1, 0.15) is 6.23 Å². The van der Waals surface area contributed by atoms with E-state index in [1.807, 2.05) is 6.07 Å². The standard InChI is InChI=1S/C14H15N5O4/c20-5-9-11(21)12(22)14(23-9)19-2-1-8-10(7-3-17-18-4-7)15-6-16-13(8)19/h1-4,6,9,11-12,14,20-22H,5H2,(H,17,18)/t9-,11-,12-,14?/m1/s1. The summed E-state index contributed by atoms with van der Waals surface area (Å²) in [5.41, 5.74) is 2.08.